The Balaban J connectivity index is 1.85. The summed E-state index contributed by atoms with van der Waals surface area (Å²) in [5.41, 5.74) is 1.05. The second kappa shape index (κ2) is 5.44. The van der Waals surface area contributed by atoms with Gasteiger partial charge in [-0.2, -0.15) is 0 Å². The van der Waals surface area contributed by atoms with Gasteiger partial charge in [-0.1, -0.05) is 0 Å². The van der Waals surface area contributed by atoms with Gasteiger partial charge in [0.1, 0.15) is 11.4 Å². The molecule has 6 nitrogen and oxygen atoms in total. The van der Waals surface area contributed by atoms with Crippen LogP contribution in [0.4, 0.5) is 4.79 Å². The van der Waals surface area contributed by atoms with Crippen molar-refractivity contribution in [3.05, 3.63) is 29.3 Å². The molecule has 2 atom stereocenters. The molecule has 1 aromatic rings. The molecule has 0 radical (unpaired) electrons. The summed E-state index contributed by atoms with van der Waals surface area (Å²) in [7, 11) is 1.60. The van der Waals surface area contributed by atoms with E-state index in [1.165, 1.54) is 0 Å². The Labute approximate surface area is 135 Å². The van der Waals surface area contributed by atoms with Crippen molar-refractivity contribution in [1.82, 2.24) is 10.2 Å². The van der Waals surface area contributed by atoms with Gasteiger partial charge in [0.25, 0.3) is 5.91 Å². The fourth-order valence-corrected chi connectivity index (χ4v) is 3.17. The van der Waals surface area contributed by atoms with Crippen LogP contribution in [-0.2, 0) is 4.74 Å². The molecule has 0 unspecified atom stereocenters. The van der Waals surface area contributed by atoms with Crippen LogP contribution in [0, 0.1) is 0 Å². The van der Waals surface area contributed by atoms with Gasteiger partial charge in [0.05, 0.1) is 13.2 Å². The van der Waals surface area contributed by atoms with Gasteiger partial charge in [0, 0.05) is 24.6 Å². The minimum Gasteiger partial charge on any atom is -0.497 e. The highest BCUT2D eigenvalue weighted by Crippen LogP contribution is 2.36. The highest BCUT2D eigenvalue weighted by atomic mass is 16.6. The van der Waals surface area contributed by atoms with Gasteiger partial charge in [0.2, 0.25) is 0 Å². The number of carbonyl (C=O) groups excluding carboxylic acids is 2. The number of likely N-dealkylation sites (tertiary alicyclic amines) is 1. The number of fused-ring (bicyclic) bond motifs is 3. The molecule has 0 saturated carbocycles. The standard InChI is InChI=1S/C17H22N2O4/c1-17(2,3)23-16(21)19-8-13-12-7-10(22-4)5-6-11(12)15(20)18-14(13)9-19/h5-7,13-14H,8-9H2,1-4H3,(H,18,20)/t13-,14+/m0/s1. The number of nitrogens with one attached hydrogen (secondary N) is 1. The predicted molar refractivity (Wildman–Crippen MR) is 84.8 cm³/mol. The molecule has 3 rings (SSSR count). The maximum absolute atomic E-state index is 12.3. The largest absolute Gasteiger partial charge is 0.497 e. The zero-order valence-electron chi connectivity index (χ0n) is 13.9. The van der Waals surface area contributed by atoms with Gasteiger partial charge in [-0.25, -0.2) is 4.79 Å². The van der Waals surface area contributed by atoms with Crippen molar-refractivity contribution in [2.45, 2.75) is 38.3 Å². The molecule has 124 valence electrons. The Kier molecular flexibility index (Phi) is 3.70. The van der Waals surface area contributed by atoms with Crippen molar-refractivity contribution >= 4 is 12.0 Å². The maximum Gasteiger partial charge on any atom is 0.410 e. The van der Waals surface area contributed by atoms with E-state index < -0.39 is 5.60 Å². The number of carbonyl (C=O) groups is 2. The third-order valence-electron chi connectivity index (χ3n) is 4.19. The van der Waals surface area contributed by atoms with E-state index in [1.807, 2.05) is 26.8 Å². The van der Waals surface area contributed by atoms with Gasteiger partial charge in [-0.3, -0.25) is 4.79 Å². The van der Waals surface area contributed by atoms with Crippen molar-refractivity contribution < 1.29 is 19.1 Å². The molecule has 6 heteroatoms. The van der Waals surface area contributed by atoms with Crippen LogP contribution >= 0.6 is 0 Å². The fourth-order valence-electron chi connectivity index (χ4n) is 3.17. The lowest BCUT2D eigenvalue weighted by Crippen LogP contribution is -2.44. The first-order valence-corrected chi connectivity index (χ1v) is 7.75. The van der Waals surface area contributed by atoms with Crippen LogP contribution in [0.2, 0.25) is 0 Å². The van der Waals surface area contributed by atoms with Gasteiger partial charge < -0.3 is 19.7 Å². The number of hydrogen-bond acceptors (Lipinski definition) is 4. The van der Waals surface area contributed by atoms with Gasteiger partial charge in [0.15, 0.2) is 0 Å². The van der Waals surface area contributed by atoms with Crippen molar-refractivity contribution in [3.8, 4) is 5.75 Å². The Bertz CT molecular complexity index is 650. The van der Waals surface area contributed by atoms with Crippen molar-refractivity contribution in [1.29, 1.82) is 0 Å². The zero-order chi connectivity index (χ0) is 16.8. The molecule has 0 bridgehead atoms. The molecule has 1 fully saturated rings. The van der Waals surface area contributed by atoms with Crippen LogP contribution in [0.1, 0.15) is 42.6 Å². The smallest absolute Gasteiger partial charge is 0.410 e. The lowest BCUT2D eigenvalue weighted by molar-refractivity contribution is 0.0288. The average molecular weight is 318 g/mol. The van der Waals surface area contributed by atoms with Gasteiger partial charge in [-0.15, -0.1) is 0 Å². The van der Waals surface area contributed by atoms with E-state index in [9.17, 15) is 9.59 Å². The topological polar surface area (TPSA) is 67.9 Å². The normalized spacial score (nSPS) is 23.0. The van der Waals surface area contributed by atoms with E-state index in [4.69, 9.17) is 9.47 Å². The minimum absolute atomic E-state index is 0.0605. The molecule has 2 heterocycles. The summed E-state index contributed by atoms with van der Waals surface area (Å²) in [6.45, 7) is 6.52. The van der Waals surface area contributed by atoms with Crippen molar-refractivity contribution in [2.24, 2.45) is 0 Å². The summed E-state index contributed by atoms with van der Waals surface area (Å²) < 4.78 is 10.7. The van der Waals surface area contributed by atoms with Crippen LogP contribution < -0.4 is 10.1 Å². The molecular formula is C17H22N2O4. The molecule has 1 aromatic carbocycles. The fraction of sp³-hybridized carbons (Fsp3) is 0.529. The Hall–Kier alpha value is -2.24. The van der Waals surface area contributed by atoms with Crippen LogP contribution in [0.15, 0.2) is 18.2 Å². The highest BCUT2D eigenvalue weighted by molar-refractivity contribution is 5.98. The first-order chi connectivity index (χ1) is 10.8. The maximum atomic E-state index is 12.3. The Morgan fingerprint density at radius 3 is 2.70 bits per heavy atom. The molecule has 2 aliphatic rings. The molecule has 2 aliphatic heterocycles. The molecule has 0 spiro atoms. The van der Waals surface area contributed by atoms with Crippen LogP contribution in [-0.4, -0.2) is 48.7 Å². The number of ether oxygens (including phenoxy) is 2. The lowest BCUT2D eigenvalue weighted by atomic mass is 9.86. The predicted octanol–water partition coefficient (Wildman–Crippen LogP) is 2.14. The second-order valence-corrected chi connectivity index (χ2v) is 7.02. The number of hydrogen-bond donors (Lipinski definition) is 1. The minimum atomic E-state index is -0.533. The number of amides is 2. The quantitative estimate of drug-likeness (QED) is 0.861. The van der Waals surface area contributed by atoms with E-state index in [-0.39, 0.29) is 24.0 Å². The van der Waals surface area contributed by atoms with Crippen LogP contribution in [0.25, 0.3) is 0 Å². The molecular weight excluding hydrogens is 296 g/mol. The molecule has 2 amide bonds. The first kappa shape index (κ1) is 15.6. The van der Waals surface area contributed by atoms with Crippen LogP contribution in [0.5, 0.6) is 5.75 Å². The number of methoxy groups -OCH3 is 1. The lowest BCUT2D eigenvalue weighted by Gasteiger charge is -2.27. The van der Waals surface area contributed by atoms with Gasteiger partial charge >= 0.3 is 6.09 Å². The zero-order valence-corrected chi connectivity index (χ0v) is 13.9. The summed E-state index contributed by atoms with van der Waals surface area (Å²) in [6, 6.07) is 5.36. The van der Waals surface area contributed by atoms with E-state index >= 15 is 0 Å². The number of rotatable bonds is 1. The molecule has 0 aromatic heterocycles. The van der Waals surface area contributed by atoms with Gasteiger partial charge in [-0.05, 0) is 44.5 Å². The number of benzene rings is 1. The van der Waals surface area contributed by atoms with E-state index in [0.717, 1.165) is 5.56 Å². The SMILES string of the molecule is COc1ccc2c(c1)[C@@H]1CN(C(=O)OC(C)(C)C)C[C@H]1NC2=O. The summed E-state index contributed by atoms with van der Waals surface area (Å²) in [5, 5.41) is 2.99. The highest BCUT2D eigenvalue weighted by Gasteiger charge is 2.43. The van der Waals surface area contributed by atoms with E-state index in [2.05, 4.69) is 5.32 Å². The van der Waals surface area contributed by atoms with Crippen LogP contribution in [0.3, 0.4) is 0 Å². The molecule has 1 saturated heterocycles. The van der Waals surface area contributed by atoms with E-state index in [1.54, 1.807) is 24.1 Å². The second-order valence-electron chi connectivity index (χ2n) is 7.02. The third kappa shape index (κ3) is 2.98. The molecule has 1 N–H and O–H groups in total. The molecule has 0 aliphatic carbocycles. The first-order valence-electron chi connectivity index (χ1n) is 7.75. The summed E-state index contributed by atoms with van der Waals surface area (Å²) >= 11 is 0. The summed E-state index contributed by atoms with van der Waals surface area (Å²) in [6.07, 6.45) is -0.342. The van der Waals surface area contributed by atoms with Crippen molar-refractivity contribution in [2.75, 3.05) is 20.2 Å². The molecule has 23 heavy (non-hydrogen) atoms. The Morgan fingerprint density at radius 1 is 1.30 bits per heavy atom. The average Bonchev–Trinajstić information content (AvgIpc) is 2.89. The van der Waals surface area contributed by atoms with E-state index in [0.29, 0.717) is 24.4 Å². The third-order valence-corrected chi connectivity index (χ3v) is 4.19. The monoisotopic (exact) mass is 318 g/mol. The number of nitrogens with zero attached hydrogens (tertiary/aromatic N) is 1. The summed E-state index contributed by atoms with van der Waals surface area (Å²) in [5.74, 6) is 0.674. The Morgan fingerprint density at radius 2 is 2.04 bits per heavy atom. The van der Waals surface area contributed by atoms with Crippen molar-refractivity contribution in [3.63, 3.8) is 0 Å². The summed E-state index contributed by atoms with van der Waals surface area (Å²) in [4.78, 5) is 26.2.